The predicted molar refractivity (Wildman–Crippen MR) is 153 cm³/mol. The highest BCUT2D eigenvalue weighted by atomic mass is 35.7. The summed E-state index contributed by atoms with van der Waals surface area (Å²) in [5.74, 6) is -0.483. The summed E-state index contributed by atoms with van der Waals surface area (Å²) in [6, 6.07) is 16.6. The van der Waals surface area contributed by atoms with Crippen LogP contribution in [0.25, 0.3) is 44.4 Å². The first-order valence-electron chi connectivity index (χ1n) is 13.6. The van der Waals surface area contributed by atoms with Crippen molar-refractivity contribution in [2.24, 2.45) is 0 Å². The number of hydrogen-bond donors (Lipinski definition) is 1. The monoisotopic (exact) mass is 626 g/mol. The number of nitrogens with zero attached hydrogens (tertiary/aromatic N) is 2. The first kappa shape index (κ1) is 32.6. The lowest BCUT2D eigenvalue weighted by atomic mass is 9.90. The van der Waals surface area contributed by atoms with Gasteiger partial charge < -0.3 is 24.3 Å². The van der Waals surface area contributed by atoms with Gasteiger partial charge in [0.15, 0.2) is 5.58 Å². The highest BCUT2D eigenvalue weighted by Gasteiger charge is 2.27. The molecular formula is C31H31ClN2O10. The third-order valence-corrected chi connectivity index (χ3v) is 7.66. The molecule has 0 spiro atoms. The summed E-state index contributed by atoms with van der Waals surface area (Å²) < 4.78 is 48.6. The van der Waals surface area contributed by atoms with Crippen molar-refractivity contribution >= 4 is 33.6 Å². The predicted octanol–water partition coefficient (Wildman–Crippen LogP) is -0.377. The van der Waals surface area contributed by atoms with Crippen LogP contribution in [0.4, 0.5) is 5.69 Å². The molecule has 3 N–H and O–H groups in total. The fraction of sp³-hybridized carbons (Fsp3) is 0.258. The van der Waals surface area contributed by atoms with Gasteiger partial charge in [-0.2, -0.15) is 0 Å². The fourth-order valence-corrected chi connectivity index (χ4v) is 5.76. The van der Waals surface area contributed by atoms with Gasteiger partial charge in [0.1, 0.15) is 29.8 Å². The van der Waals surface area contributed by atoms with Crippen LogP contribution < -0.4 is 39.1 Å². The molecule has 0 saturated heterocycles. The molecule has 12 nitrogen and oxygen atoms in total. The van der Waals surface area contributed by atoms with Crippen molar-refractivity contribution in [2.75, 3.05) is 31.6 Å². The second-order valence-corrected chi connectivity index (χ2v) is 10.9. The lowest BCUT2D eigenvalue weighted by Crippen LogP contribution is -2.68. The maximum atomic E-state index is 13.6. The quantitative estimate of drug-likeness (QED) is 0.118. The molecule has 0 radical (unpaired) electrons. The van der Waals surface area contributed by atoms with Crippen LogP contribution in [-0.4, -0.2) is 43.2 Å². The third-order valence-electron chi connectivity index (χ3n) is 7.66. The lowest BCUT2D eigenvalue weighted by molar-refractivity contribution is -2.00. The lowest BCUT2D eigenvalue weighted by Gasteiger charge is -2.27. The van der Waals surface area contributed by atoms with Gasteiger partial charge in [-0.25, -0.2) is 32.8 Å². The summed E-state index contributed by atoms with van der Waals surface area (Å²) >= 11 is 0. The Balaban J connectivity index is 0.000000683. The Morgan fingerprint density at radius 3 is 2.34 bits per heavy atom. The molecule has 0 saturated carbocycles. The van der Waals surface area contributed by atoms with Crippen LogP contribution in [0.5, 0.6) is 0 Å². The maximum Gasteiger partial charge on any atom is 0.348 e. The number of anilines is 1. The van der Waals surface area contributed by atoms with Crippen LogP contribution in [0.2, 0.25) is 0 Å². The summed E-state index contributed by atoms with van der Waals surface area (Å²) in [6.45, 7) is 6.79. The van der Waals surface area contributed by atoms with Crippen molar-refractivity contribution in [3.8, 4) is 22.5 Å². The number of hydrogen-bond acceptors (Lipinski definition) is 9. The van der Waals surface area contributed by atoms with Gasteiger partial charge >= 0.3 is 11.6 Å². The van der Waals surface area contributed by atoms with Gasteiger partial charge in [0.05, 0.1) is 17.0 Å². The Bertz CT molecular complexity index is 1950. The molecule has 3 heterocycles. The Morgan fingerprint density at radius 1 is 1.00 bits per heavy atom. The third kappa shape index (κ3) is 6.31. The van der Waals surface area contributed by atoms with E-state index in [1.165, 1.54) is 5.56 Å². The zero-order chi connectivity index (χ0) is 31.1. The van der Waals surface area contributed by atoms with E-state index in [0.29, 0.717) is 39.0 Å². The number of benzene rings is 3. The minimum Gasteiger partial charge on any atom is -0.478 e. The van der Waals surface area contributed by atoms with Gasteiger partial charge in [-0.15, -0.1) is 10.2 Å². The first-order chi connectivity index (χ1) is 20.4. The molecule has 6 rings (SSSR count). The molecule has 1 aromatic heterocycles. The zero-order valence-electron chi connectivity index (χ0n) is 24.2. The van der Waals surface area contributed by atoms with E-state index in [1.807, 2.05) is 31.3 Å². The highest BCUT2D eigenvalue weighted by molar-refractivity contribution is 6.13. The average Bonchev–Trinajstić information content (AvgIpc) is 2.95. The average molecular weight is 627 g/mol. The largest absolute Gasteiger partial charge is 0.478 e. The van der Waals surface area contributed by atoms with Gasteiger partial charge in [0, 0.05) is 42.5 Å². The number of halogens is 1. The summed E-state index contributed by atoms with van der Waals surface area (Å²) in [5, 5.41) is 12.0. The molecule has 3 aliphatic rings. The molecule has 0 atom stereocenters. The molecule has 0 bridgehead atoms. The number of carboxylic acids is 1. The molecule has 44 heavy (non-hydrogen) atoms. The SMILES string of the molecule is CC[N+](CC)=c1ccc2c(-c3ccccc3C(=O)O)c3c(=O)oc4cc5c(cc4c3oc-2c1)CCCN5C.O.[O-][Cl+3]([O-])([O-])[O-]. The number of rotatable bonds is 4. The van der Waals surface area contributed by atoms with Crippen molar-refractivity contribution < 1.29 is 53.1 Å². The second kappa shape index (κ2) is 12.7. The molecule has 1 aliphatic carbocycles. The zero-order valence-corrected chi connectivity index (χ0v) is 25.0. The van der Waals surface area contributed by atoms with Crippen molar-refractivity contribution in [3.63, 3.8) is 0 Å². The normalized spacial score (nSPS) is 12.8. The first-order valence-corrected chi connectivity index (χ1v) is 14.9. The molecule has 0 fully saturated rings. The molecule has 2 aliphatic heterocycles. The van der Waals surface area contributed by atoms with Crippen LogP contribution in [0.3, 0.4) is 0 Å². The second-order valence-electron chi connectivity index (χ2n) is 10.2. The van der Waals surface area contributed by atoms with E-state index in [2.05, 4.69) is 29.4 Å². The summed E-state index contributed by atoms with van der Waals surface area (Å²) in [4.78, 5) is 28.0. The summed E-state index contributed by atoms with van der Waals surface area (Å²) in [5.41, 5.74) is 4.25. The smallest absolute Gasteiger partial charge is 0.348 e. The van der Waals surface area contributed by atoms with Gasteiger partial charge in [0.2, 0.25) is 5.36 Å². The van der Waals surface area contributed by atoms with Crippen molar-refractivity contribution in [1.82, 2.24) is 4.58 Å². The van der Waals surface area contributed by atoms with Crippen LogP contribution in [0.15, 0.2) is 68.2 Å². The van der Waals surface area contributed by atoms with Crippen molar-refractivity contribution in [2.45, 2.75) is 26.7 Å². The van der Waals surface area contributed by atoms with Gasteiger partial charge in [0.25, 0.3) is 0 Å². The van der Waals surface area contributed by atoms with Crippen LogP contribution in [0, 0.1) is 10.2 Å². The highest BCUT2D eigenvalue weighted by Crippen LogP contribution is 2.43. The summed E-state index contributed by atoms with van der Waals surface area (Å²) in [6.07, 6.45) is 1.96. The molecule has 3 aromatic rings. The minimum atomic E-state index is -4.94. The Morgan fingerprint density at radius 2 is 1.68 bits per heavy atom. The standard InChI is InChI=1S/C31H28N2O5.ClHO4.H2O/c1-4-33(5-2)19-12-13-22-25(16-19)37-29-23-15-18-9-8-14-32(3)24(18)17-26(23)38-31(36)28(29)27(22)20-10-6-7-11-21(20)30(34)35;2-1(3,4)5;/h6-7,10-13,15-17H,4-5,8-9,14H2,1-3H3;(H,2,3,4,5);1H2. The summed E-state index contributed by atoms with van der Waals surface area (Å²) in [7, 11) is -2.91. The van der Waals surface area contributed by atoms with E-state index < -0.39 is 21.8 Å². The van der Waals surface area contributed by atoms with E-state index in [0.717, 1.165) is 43.5 Å². The molecule has 0 amide bonds. The van der Waals surface area contributed by atoms with Crippen LogP contribution in [-0.2, 0) is 6.42 Å². The minimum absolute atomic E-state index is 0. The van der Waals surface area contributed by atoms with E-state index in [1.54, 1.807) is 24.3 Å². The maximum absolute atomic E-state index is 13.6. The van der Waals surface area contributed by atoms with Crippen molar-refractivity contribution in [3.05, 3.63) is 81.5 Å². The van der Waals surface area contributed by atoms with Crippen LogP contribution in [0.1, 0.15) is 36.2 Å². The molecular weight excluding hydrogens is 596 g/mol. The molecule has 0 unspecified atom stereocenters. The number of carbonyl (C=O) groups is 1. The van der Waals surface area contributed by atoms with E-state index in [4.69, 9.17) is 27.5 Å². The fourth-order valence-electron chi connectivity index (χ4n) is 5.76. The molecule has 13 heteroatoms. The Kier molecular flexibility index (Phi) is 9.44. The van der Waals surface area contributed by atoms with Crippen LogP contribution >= 0.6 is 0 Å². The van der Waals surface area contributed by atoms with Gasteiger partial charge in [-0.05, 0) is 56.0 Å². The number of fused-ring (bicyclic) bond motifs is 5. The van der Waals surface area contributed by atoms with E-state index in [-0.39, 0.29) is 16.4 Å². The van der Waals surface area contributed by atoms with E-state index in [9.17, 15) is 14.7 Å². The van der Waals surface area contributed by atoms with Gasteiger partial charge in [-0.1, -0.05) is 18.2 Å². The van der Waals surface area contributed by atoms with E-state index >= 15 is 0 Å². The number of aromatic carboxylic acids is 1. The number of aryl methyl sites for hydroxylation is 1. The van der Waals surface area contributed by atoms with Gasteiger partial charge in [-0.3, -0.25) is 0 Å². The molecule has 232 valence electrons. The Hall–Kier alpha value is -4.30. The molecule has 2 aromatic carbocycles. The van der Waals surface area contributed by atoms with Crippen molar-refractivity contribution in [1.29, 1.82) is 0 Å². The number of carboxylic acid groups (broad SMARTS) is 1. The Labute approximate surface area is 253 Å². The topological polar surface area (TPSA) is 211 Å².